The Balaban J connectivity index is 1.36. The molecule has 1 fully saturated rings. The zero-order chi connectivity index (χ0) is 17.9. The van der Waals surface area contributed by atoms with Crippen LogP contribution in [0.15, 0.2) is 29.4 Å². The number of hydrogen-bond acceptors (Lipinski definition) is 6. The lowest BCUT2D eigenvalue weighted by molar-refractivity contribution is -0.119. The molecule has 1 N–H and O–H groups in total. The van der Waals surface area contributed by atoms with Crippen LogP contribution >= 0.6 is 11.8 Å². The van der Waals surface area contributed by atoms with Gasteiger partial charge >= 0.3 is 0 Å². The van der Waals surface area contributed by atoms with Gasteiger partial charge in [-0.05, 0) is 25.0 Å². The molecule has 1 amide bonds. The molecule has 0 bridgehead atoms. The number of hydrogen-bond donors (Lipinski definition) is 1. The largest absolute Gasteiger partial charge is 0.485 e. The zero-order valence-corrected chi connectivity index (χ0v) is 15.5. The van der Waals surface area contributed by atoms with Crippen LogP contribution in [-0.2, 0) is 11.8 Å². The maximum absolute atomic E-state index is 12.1. The predicted octanol–water partition coefficient (Wildman–Crippen LogP) is 2.48. The van der Waals surface area contributed by atoms with Crippen LogP contribution in [0.4, 0.5) is 0 Å². The van der Waals surface area contributed by atoms with Crippen LogP contribution in [0.3, 0.4) is 0 Å². The van der Waals surface area contributed by atoms with Crippen molar-refractivity contribution in [2.75, 3.05) is 12.4 Å². The van der Waals surface area contributed by atoms with Crippen molar-refractivity contribution in [3.05, 3.63) is 30.1 Å². The minimum atomic E-state index is -0.316. The number of nitrogens with zero attached hydrogens (tertiary/aromatic N) is 3. The number of thioether (sulfide) groups is 1. The summed E-state index contributed by atoms with van der Waals surface area (Å²) in [5, 5.41) is 12.2. The quantitative estimate of drug-likeness (QED) is 0.810. The average molecular weight is 374 g/mol. The molecule has 1 atom stereocenters. The minimum Gasteiger partial charge on any atom is -0.485 e. The number of benzene rings is 1. The van der Waals surface area contributed by atoms with Crippen molar-refractivity contribution in [1.29, 1.82) is 0 Å². The van der Waals surface area contributed by atoms with Crippen molar-refractivity contribution in [2.24, 2.45) is 7.05 Å². The molecule has 4 rings (SSSR count). The fourth-order valence-electron chi connectivity index (χ4n) is 3.35. The van der Waals surface area contributed by atoms with Gasteiger partial charge < -0.3 is 19.4 Å². The molecule has 2 aromatic rings. The third-order valence-corrected chi connectivity index (χ3v) is 5.74. The summed E-state index contributed by atoms with van der Waals surface area (Å²) in [4.78, 5) is 12.1. The Morgan fingerprint density at radius 2 is 2.04 bits per heavy atom. The van der Waals surface area contributed by atoms with Gasteiger partial charge in [0.25, 0.3) is 0 Å². The molecule has 1 saturated carbocycles. The number of nitrogens with one attached hydrogen (secondary N) is 1. The first-order chi connectivity index (χ1) is 12.7. The van der Waals surface area contributed by atoms with E-state index in [4.69, 9.17) is 9.47 Å². The molecule has 1 aromatic heterocycles. The van der Waals surface area contributed by atoms with Gasteiger partial charge in [0.05, 0.1) is 5.75 Å². The summed E-state index contributed by atoms with van der Waals surface area (Å²) < 4.78 is 13.6. The van der Waals surface area contributed by atoms with Crippen LogP contribution in [0.1, 0.15) is 37.6 Å². The van der Waals surface area contributed by atoms with Crippen molar-refractivity contribution in [3.8, 4) is 11.5 Å². The van der Waals surface area contributed by atoms with E-state index in [1.165, 1.54) is 24.6 Å². The van der Waals surface area contributed by atoms with Crippen LogP contribution in [0, 0.1) is 0 Å². The monoisotopic (exact) mass is 374 g/mol. The molecule has 1 aromatic carbocycles. The van der Waals surface area contributed by atoms with Crippen molar-refractivity contribution in [1.82, 2.24) is 20.1 Å². The van der Waals surface area contributed by atoms with Gasteiger partial charge in [-0.25, -0.2) is 0 Å². The summed E-state index contributed by atoms with van der Waals surface area (Å²) in [6.07, 6.45) is 4.27. The van der Waals surface area contributed by atoms with Crippen LogP contribution in [0.25, 0.3) is 0 Å². The fourth-order valence-corrected chi connectivity index (χ4v) is 4.08. The number of aromatic nitrogens is 3. The fraction of sp³-hybridized carbons (Fsp3) is 0.500. The Morgan fingerprint density at radius 1 is 1.27 bits per heavy atom. The number of ether oxygens (including phenoxy) is 2. The van der Waals surface area contributed by atoms with E-state index in [0.29, 0.717) is 35.1 Å². The molecular formula is C18H22N4O3S. The van der Waals surface area contributed by atoms with E-state index in [9.17, 15) is 4.79 Å². The highest BCUT2D eigenvalue weighted by Crippen LogP contribution is 2.35. The normalized spacial score (nSPS) is 19.5. The molecule has 1 aliphatic carbocycles. The summed E-state index contributed by atoms with van der Waals surface area (Å²) in [6, 6.07) is 7.92. The highest BCUT2D eigenvalue weighted by molar-refractivity contribution is 7.99. The Kier molecular flexibility index (Phi) is 5.01. The van der Waals surface area contributed by atoms with Crippen LogP contribution in [0.5, 0.6) is 11.5 Å². The topological polar surface area (TPSA) is 78.3 Å². The maximum Gasteiger partial charge on any atom is 0.230 e. The smallest absolute Gasteiger partial charge is 0.230 e. The second-order valence-corrected chi connectivity index (χ2v) is 7.54. The first kappa shape index (κ1) is 17.2. The Bertz CT molecular complexity index is 788. The standard InChI is InChI=1S/C18H22N4O3S/c1-22-17(15-10-24-13-8-4-5-9-14(13)25-15)20-21-18(22)26-11-16(23)19-12-6-2-3-7-12/h4-5,8-9,12,15H,2-3,6-7,10-11H2,1H3,(H,19,23). The van der Waals surface area contributed by atoms with Crippen molar-refractivity contribution < 1.29 is 14.3 Å². The van der Waals surface area contributed by atoms with Crippen molar-refractivity contribution in [3.63, 3.8) is 0 Å². The molecule has 1 aliphatic heterocycles. The van der Waals surface area contributed by atoms with Crippen molar-refractivity contribution in [2.45, 2.75) is 43.0 Å². The lowest BCUT2D eigenvalue weighted by atomic mass is 10.2. The molecule has 0 spiro atoms. The highest BCUT2D eigenvalue weighted by atomic mass is 32.2. The van der Waals surface area contributed by atoms with Gasteiger partial charge in [-0.2, -0.15) is 0 Å². The van der Waals surface area contributed by atoms with Gasteiger partial charge in [-0.1, -0.05) is 36.7 Å². The SMILES string of the molecule is Cn1c(SCC(=O)NC2CCCC2)nnc1C1COc2ccccc2O1. The zero-order valence-electron chi connectivity index (χ0n) is 14.7. The summed E-state index contributed by atoms with van der Waals surface area (Å²) >= 11 is 1.39. The van der Waals surface area contributed by atoms with Crippen LogP contribution < -0.4 is 14.8 Å². The number of para-hydroxylation sites is 2. The number of carbonyl (C=O) groups excluding carboxylic acids is 1. The molecule has 8 heteroatoms. The van der Waals surface area contributed by atoms with E-state index in [1.54, 1.807) is 0 Å². The summed E-state index contributed by atoms with van der Waals surface area (Å²) in [5.41, 5.74) is 0. The molecule has 138 valence electrons. The minimum absolute atomic E-state index is 0.0534. The van der Waals surface area contributed by atoms with E-state index in [-0.39, 0.29) is 12.0 Å². The van der Waals surface area contributed by atoms with E-state index < -0.39 is 0 Å². The molecule has 2 aliphatic rings. The van der Waals surface area contributed by atoms with E-state index in [2.05, 4.69) is 15.5 Å². The lowest BCUT2D eigenvalue weighted by Crippen LogP contribution is -2.33. The predicted molar refractivity (Wildman–Crippen MR) is 97.4 cm³/mol. The second kappa shape index (κ2) is 7.57. The van der Waals surface area contributed by atoms with Gasteiger partial charge in [0.2, 0.25) is 5.91 Å². The second-order valence-electron chi connectivity index (χ2n) is 6.60. The van der Waals surface area contributed by atoms with Crippen LogP contribution in [0.2, 0.25) is 0 Å². The van der Waals surface area contributed by atoms with Crippen LogP contribution in [-0.4, -0.2) is 39.1 Å². The van der Waals surface area contributed by atoms with Gasteiger partial charge in [-0.15, -0.1) is 10.2 Å². The molecule has 0 saturated heterocycles. The highest BCUT2D eigenvalue weighted by Gasteiger charge is 2.27. The van der Waals surface area contributed by atoms with Gasteiger partial charge in [0.1, 0.15) is 6.61 Å². The molecule has 1 unspecified atom stereocenters. The number of carbonyl (C=O) groups is 1. The maximum atomic E-state index is 12.1. The van der Waals surface area contributed by atoms with Gasteiger partial charge in [0, 0.05) is 13.1 Å². The molecule has 7 nitrogen and oxygen atoms in total. The number of amides is 1. The van der Waals surface area contributed by atoms with E-state index in [1.807, 2.05) is 35.9 Å². The summed E-state index contributed by atoms with van der Waals surface area (Å²) in [6.45, 7) is 0.385. The first-order valence-corrected chi connectivity index (χ1v) is 9.89. The summed E-state index contributed by atoms with van der Waals surface area (Å²) in [7, 11) is 1.89. The van der Waals surface area contributed by atoms with Gasteiger partial charge in [-0.3, -0.25) is 4.79 Å². The summed E-state index contributed by atoms with van der Waals surface area (Å²) in [5.74, 6) is 2.53. The van der Waals surface area contributed by atoms with E-state index in [0.717, 1.165) is 18.6 Å². The molecule has 0 radical (unpaired) electrons. The first-order valence-electron chi connectivity index (χ1n) is 8.90. The molecule has 2 heterocycles. The third kappa shape index (κ3) is 3.65. The third-order valence-electron chi connectivity index (χ3n) is 4.72. The molecule has 26 heavy (non-hydrogen) atoms. The molecular weight excluding hydrogens is 352 g/mol. The van der Waals surface area contributed by atoms with E-state index >= 15 is 0 Å². The Labute approximate surface area is 156 Å². The van der Waals surface area contributed by atoms with Gasteiger partial charge in [0.15, 0.2) is 28.6 Å². The van der Waals surface area contributed by atoms with Crippen molar-refractivity contribution >= 4 is 17.7 Å². The Hall–Kier alpha value is -2.22. The lowest BCUT2D eigenvalue weighted by Gasteiger charge is -2.25. The number of fused-ring (bicyclic) bond motifs is 1. The number of rotatable bonds is 5. The Morgan fingerprint density at radius 3 is 2.85 bits per heavy atom. The average Bonchev–Trinajstić information content (AvgIpc) is 3.29.